The second-order valence-corrected chi connectivity index (χ2v) is 4.80. The van der Waals surface area contributed by atoms with Crippen molar-refractivity contribution in [1.29, 1.82) is 0 Å². The number of unbranched alkanes of at least 4 members (excludes halogenated alkanes) is 2. The average Bonchev–Trinajstić information content (AvgIpc) is 2.49. The number of rotatable bonds is 9. The number of carbonyl (C=O) groups excluding carboxylic acids is 2. The molecule has 0 bridgehead atoms. The third-order valence-electron chi connectivity index (χ3n) is 3.23. The molecule has 1 aromatic rings. The van der Waals surface area contributed by atoms with Crippen molar-refractivity contribution in [2.24, 2.45) is 5.73 Å². The summed E-state index contributed by atoms with van der Waals surface area (Å²) in [5, 5.41) is 0. The minimum Gasteiger partial charge on any atom is -0.469 e. The average molecular weight is 277 g/mol. The molecule has 4 nitrogen and oxygen atoms in total. The molecular formula is C16H23NO3. The van der Waals surface area contributed by atoms with E-state index in [1.54, 1.807) is 0 Å². The lowest BCUT2D eigenvalue weighted by molar-refractivity contribution is -0.140. The summed E-state index contributed by atoms with van der Waals surface area (Å²) < 4.78 is 4.60. The van der Waals surface area contributed by atoms with E-state index in [1.807, 2.05) is 24.3 Å². The zero-order valence-electron chi connectivity index (χ0n) is 12.1. The third-order valence-corrected chi connectivity index (χ3v) is 3.23. The van der Waals surface area contributed by atoms with Gasteiger partial charge in [0.2, 0.25) is 0 Å². The zero-order chi connectivity index (χ0) is 14.8. The summed E-state index contributed by atoms with van der Waals surface area (Å²) >= 11 is 0. The highest BCUT2D eigenvalue weighted by Crippen LogP contribution is 2.11. The van der Waals surface area contributed by atoms with Gasteiger partial charge in [-0.3, -0.25) is 9.59 Å². The molecule has 0 aliphatic heterocycles. The summed E-state index contributed by atoms with van der Waals surface area (Å²) in [7, 11) is 1.38. The quantitative estimate of drug-likeness (QED) is 0.428. The summed E-state index contributed by atoms with van der Waals surface area (Å²) in [6, 6.07) is 7.46. The van der Waals surface area contributed by atoms with Crippen molar-refractivity contribution >= 4 is 11.8 Å². The fourth-order valence-corrected chi connectivity index (χ4v) is 1.96. The van der Waals surface area contributed by atoms with Crippen LogP contribution in [0.3, 0.4) is 0 Å². The Hall–Kier alpha value is -1.68. The highest BCUT2D eigenvalue weighted by molar-refractivity contribution is 5.96. The fraction of sp³-hybridized carbons (Fsp3) is 0.500. The summed E-state index contributed by atoms with van der Waals surface area (Å²) in [5.41, 5.74) is 7.19. The van der Waals surface area contributed by atoms with Crippen LogP contribution in [-0.4, -0.2) is 25.4 Å². The Balaban J connectivity index is 2.41. The maximum absolute atomic E-state index is 11.9. The topological polar surface area (TPSA) is 69.4 Å². The Kier molecular flexibility index (Phi) is 7.58. The number of aryl methyl sites for hydroxylation is 1. The molecule has 0 unspecified atom stereocenters. The van der Waals surface area contributed by atoms with E-state index >= 15 is 0 Å². The number of ketones is 1. The second-order valence-electron chi connectivity index (χ2n) is 4.80. The van der Waals surface area contributed by atoms with Crippen LogP contribution >= 0.6 is 0 Å². The van der Waals surface area contributed by atoms with E-state index in [4.69, 9.17) is 5.73 Å². The predicted octanol–water partition coefficient (Wildman–Crippen LogP) is 2.49. The molecule has 2 N–H and O–H groups in total. The van der Waals surface area contributed by atoms with Gasteiger partial charge in [0, 0.05) is 18.4 Å². The standard InChI is InChI=1S/C16H23NO3/c1-20-16(19)11-8-13-6-9-14(10-7-13)15(18)5-3-2-4-12-17/h6-7,9-10H,2-5,8,11-12,17H2,1H3. The molecule has 0 atom stereocenters. The van der Waals surface area contributed by atoms with E-state index in [0.29, 0.717) is 25.8 Å². The number of ether oxygens (including phenoxy) is 1. The number of carbonyl (C=O) groups is 2. The van der Waals surface area contributed by atoms with Crippen molar-refractivity contribution in [1.82, 2.24) is 0 Å². The van der Waals surface area contributed by atoms with Crippen LogP contribution in [0.1, 0.15) is 48.0 Å². The maximum Gasteiger partial charge on any atom is 0.305 e. The molecule has 20 heavy (non-hydrogen) atoms. The monoisotopic (exact) mass is 277 g/mol. The molecule has 0 aliphatic rings. The molecule has 0 fully saturated rings. The van der Waals surface area contributed by atoms with Gasteiger partial charge in [-0.2, -0.15) is 0 Å². The molecule has 1 rings (SSSR count). The van der Waals surface area contributed by atoms with Gasteiger partial charge in [-0.05, 0) is 31.4 Å². The van der Waals surface area contributed by atoms with Crippen molar-refractivity contribution in [2.75, 3.05) is 13.7 Å². The van der Waals surface area contributed by atoms with E-state index in [0.717, 1.165) is 30.4 Å². The largest absolute Gasteiger partial charge is 0.469 e. The van der Waals surface area contributed by atoms with Gasteiger partial charge in [0.25, 0.3) is 0 Å². The lowest BCUT2D eigenvalue weighted by Crippen LogP contribution is -2.03. The Morgan fingerprint density at radius 1 is 1.05 bits per heavy atom. The summed E-state index contributed by atoms with van der Waals surface area (Å²) in [6.45, 7) is 0.684. The number of Topliss-reactive ketones (excluding diaryl/α,β-unsaturated/α-hetero) is 1. The van der Waals surface area contributed by atoms with Crippen molar-refractivity contribution in [3.63, 3.8) is 0 Å². The van der Waals surface area contributed by atoms with Crippen molar-refractivity contribution in [3.05, 3.63) is 35.4 Å². The van der Waals surface area contributed by atoms with Crippen molar-refractivity contribution < 1.29 is 14.3 Å². The second kappa shape index (κ2) is 9.26. The van der Waals surface area contributed by atoms with Crippen molar-refractivity contribution in [2.45, 2.75) is 38.5 Å². The van der Waals surface area contributed by atoms with Gasteiger partial charge in [0.1, 0.15) is 0 Å². The Labute approximate surface area is 120 Å². The smallest absolute Gasteiger partial charge is 0.305 e. The van der Waals surface area contributed by atoms with Crippen LogP contribution < -0.4 is 5.73 Å². The van der Waals surface area contributed by atoms with E-state index in [2.05, 4.69) is 4.74 Å². The number of nitrogens with two attached hydrogens (primary N) is 1. The van der Waals surface area contributed by atoms with Crippen LogP contribution in [0.4, 0.5) is 0 Å². The van der Waals surface area contributed by atoms with Crippen molar-refractivity contribution in [3.8, 4) is 0 Å². The Bertz CT molecular complexity index is 426. The van der Waals surface area contributed by atoms with Gasteiger partial charge < -0.3 is 10.5 Å². The fourth-order valence-electron chi connectivity index (χ4n) is 1.96. The summed E-state index contributed by atoms with van der Waals surface area (Å²) in [6.07, 6.45) is 4.43. The number of esters is 1. The first-order chi connectivity index (χ1) is 9.67. The normalized spacial score (nSPS) is 10.3. The molecule has 0 aliphatic carbocycles. The van der Waals surface area contributed by atoms with Gasteiger partial charge >= 0.3 is 5.97 Å². The minimum atomic E-state index is -0.218. The van der Waals surface area contributed by atoms with Crippen LogP contribution in [-0.2, 0) is 16.0 Å². The molecular weight excluding hydrogens is 254 g/mol. The van der Waals surface area contributed by atoms with Gasteiger partial charge in [-0.25, -0.2) is 0 Å². The lowest BCUT2D eigenvalue weighted by atomic mass is 10.0. The molecule has 110 valence electrons. The predicted molar refractivity (Wildman–Crippen MR) is 78.6 cm³/mol. The molecule has 0 spiro atoms. The molecule has 4 heteroatoms. The lowest BCUT2D eigenvalue weighted by Gasteiger charge is -2.04. The van der Waals surface area contributed by atoms with Gasteiger partial charge in [-0.15, -0.1) is 0 Å². The third kappa shape index (κ3) is 5.97. The number of methoxy groups -OCH3 is 1. The Morgan fingerprint density at radius 3 is 2.35 bits per heavy atom. The van der Waals surface area contributed by atoms with Crippen LogP contribution in [0.25, 0.3) is 0 Å². The summed E-state index contributed by atoms with van der Waals surface area (Å²) in [5.74, 6) is -0.0494. The molecule has 0 amide bonds. The molecule has 0 heterocycles. The molecule has 0 aromatic heterocycles. The van der Waals surface area contributed by atoms with E-state index < -0.39 is 0 Å². The number of hydrogen-bond acceptors (Lipinski definition) is 4. The van der Waals surface area contributed by atoms with Crippen LogP contribution in [0, 0.1) is 0 Å². The maximum atomic E-state index is 11.9. The first-order valence-corrected chi connectivity index (χ1v) is 7.06. The van der Waals surface area contributed by atoms with Crippen LogP contribution in [0.2, 0.25) is 0 Å². The molecule has 0 radical (unpaired) electrons. The first kappa shape index (κ1) is 16.4. The van der Waals surface area contributed by atoms with Gasteiger partial charge in [0.05, 0.1) is 7.11 Å². The first-order valence-electron chi connectivity index (χ1n) is 7.06. The number of hydrogen-bond donors (Lipinski definition) is 1. The Morgan fingerprint density at radius 2 is 1.75 bits per heavy atom. The zero-order valence-corrected chi connectivity index (χ0v) is 12.1. The highest BCUT2D eigenvalue weighted by Gasteiger charge is 2.06. The van der Waals surface area contributed by atoms with E-state index in [-0.39, 0.29) is 11.8 Å². The van der Waals surface area contributed by atoms with Gasteiger partial charge in [-0.1, -0.05) is 30.7 Å². The van der Waals surface area contributed by atoms with E-state index in [1.165, 1.54) is 7.11 Å². The highest BCUT2D eigenvalue weighted by atomic mass is 16.5. The summed E-state index contributed by atoms with van der Waals surface area (Å²) in [4.78, 5) is 23.0. The number of benzene rings is 1. The molecule has 1 aromatic carbocycles. The van der Waals surface area contributed by atoms with E-state index in [9.17, 15) is 9.59 Å². The van der Waals surface area contributed by atoms with Crippen LogP contribution in [0.5, 0.6) is 0 Å². The SMILES string of the molecule is COC(=O)CCc1ccc(C(=O)CCCCCN)cc1. The molecule has 0 saturated heterocycles. The van der Waals surface area contributed by atoms with Crippen LogP contribution in [0.15, 0.2) is 24.3 Å². The molecule has 0 saturated carbocycles. The van der Waals surface area contributed by atoms with Gasteiger partial charge in [0.15, 0.2) is 5.78 Å². The minimum absolute atomic E-state index is 0.168.